The lowest BCUT2D eigenvalue weighted by Gasteiger charge is -2.33. The van der Waals surface area contributed by atoms with Crippen molar-refractivity contribution in [3.05, 3.63) is 83.2 Å². The van der Waals surface area contributed by atoms with Gasteiger partial charge in [0.15, 0.2) is 11.7 Å². The molecule has 41 heavy (non-hydrogen) atoms. The zero-order valence-corrected chi connectivity index (χ0v) is 25.5. The number of fused-ring (bicyclic) bond motifs is 3. The minimum atomic E-state index is -4.25. The van der Waals surface area contributed by atoms with Crippen LogP contribution in [-0.2, 0) is 16.5 Å². The van der Waals surface area contributed by atoms with Crippen molar-refractivity contribution >= 4 is 44.5 Å². The second-order valence-electron chi connectivity index (χ2n) is 11.6. The van der Waals surface area contributed by atoms with Gasteiger partial charge in [0.05, 0.1) is 26.2 Å². The molecule has 0 bridgehead atoms. The van der Waals surface area contributed by atoms with Gasteiger partial charge in [-0.15, -0.1) is 0 Å². The molecule has 8 heteroatoms. The van der Waals surface area contributed by atoms with Gasteiger partial charge in [0.1, 0.15) is 0 Å². The maximum atomic E-state index is 11.3. The molecule has 1 saturated carbocycles. The summed E-state index contributed by atoms with van der Waals surface area (Å²) in [4.78, 5) is 5.72. The third-order valence-electron chi connectivity index (χ3n) is 8.88. The van der Waals surface area contributed by atoms with Gasteiger partial charge in [-0.05, 0) is 55.3 Å². The van der Waals surface area contributed by atoms with Gasteiger partial charge in [-0.2, -0.15) is 4.57 Å². The molecule has 6 nitrogen and oxygen atoms in total. The van der Waals surface area contributed by atoms with Crippen LogP contribution < -0.4 is 9.47 Å². The molecule has 3 unspecified atom stereocenters. The Balaban J connectivity index is 1.41. The van der Waals surface area contributed by atoms with Crippen molar-refractivity contribution in [1.29, 1.82) is 0 Å². The van der Waals surface area contributed by atoms with E-state index in [1.54, 1.807) is 11.8 Å². The number of unbranched alkanes of at least 4 members (excludes halogenated alkanes) is 1. The lowest BCUT2D eigenvalue weighted by molar-refractivity contribution is -0.709. The molecule has 0 spiro atoms. The number of rotatable bonds is 9. The van der Waals surface area contributed by atoms with Crippen LogP contribution in [-0.4, -0.2) is 43.3 Å². The average molecular weight is 590 g/mol. The first-order valence-electron chi connectivity index (χ1n) is 14.9. The fraction of sp³-hybridized carbons (Fsp3) is 0.424. The SMILES string of the molecule is CCCCc1cc(/C=C2/Sc3ccccc3N2CCCS(=O)(=O)[O-])c2ccccc2[n+]1C1CCC2C(C=CN2C)C1. The van der Waals surface area contributed by atoms with E-state index in [9.17, 15) is 13.0 Å². The van der Waals surface area contributed by atoms with E-state index in [1.165, 1.54) is 41.4 Å². The molecule has 1 aliphatic carbocycles. The van der Waals surface area contributed by atoms with Crippen molar-refractivity contribution in [3.8, 4) is 0 Å². The second-order valence-corrected chi connectivity index (χ2v) is 14.2. The summed E-state index contributed by atoms with van der Waals surface area (Å²) in [6.45, 7) is 2.74. The Morgan fingerprint density at radius 1 is 1.10 bits per heavy atom. The van der Waals surface area contributed by atoms with Crippen LogP contribution in [0.1, 0.15) is 62.7 Å². The van der Waals surface area contributed by atoms with Crippen molar-refractivity contribution < 1.29 is 17.5 Å². The average Bonchev–Trinajstić information content (AvgIpc) is 3.50. The third-order valence-corrected chi connectivity index (χ3v) is 10.8. The molecule has 0 N–H and O–H groups in total. The molecule has 216 valence electrons. The summed E-state index contributed by atoms with van der Waals surface area (Å²) in [6, 6.07) is 20.5. The molecule has 3 aliphatic rings. The number of hydrogen-bond acceptors (Lipinski definition) is 6. The zero-order chi connectivity index (χ0) is 28.6. The fourth-order valence-corrected chi connectivity index (χ4v) is 8.53. The molecule has 2 aromatic carbocycles. The van der Waals surface area contributed by atoms with E-state index >= 15 is 0 Å². The monoisotopic (exact) mass is 589 g/mol. The predicted octanol–water partition coefficient (Wildman–Crippen LogP) is 6.48. The van der Waals surface area contributed by atoms with Crippen LogP contribution >= 0.6 is 11.8 Å². The Morgan fingerprint density at radius 2 is 1.90 bits per heavy atom. The van der Waals surface area contributed by atoms with Crippen molar-refractivity contribution in [1.82, 2.24) is 4.90 Å². The number of thioether (sulfide) groups is 1. The Labute approximate surface area is 248 Å². The van der Waals surface area contributed by atoms with Gasteiger partial charge < -0.3 is 14.4 Å². The topological polar surface area (TPSA) is 67.6 Å². The lowest BCUT2D eigenvalue weighted by atomic mass is 9.82. The summed E-state index contributed by atoms with van der Waals surface area (Å²) in [5.74, 6) is 0.249. The van der Waals surface area contributed by atoms with E-state index < -0.39 is 10.1 Å². The molecule has 0 amide bonds. The molecule has 1 fully saturated rings. The van der Waals surface area contributed by atoms with Gasteiger partial charge >= 0.3 is 0 Å². The van der Waals surface area contributed by atoms with Crippen LogP contribution in [0.4, 0.5) is 5.69 Å². The van der Waals surface area contributed by atoms with E-state index in [2.05, 4.69) is 89.2 Å². The Kier molecular flexibility index (Phi) is 8.16. The minimum Gasteiger partial charge on any atom is -0.748 e. The number of para-hydroxylation sites is 2. The Bertz CT molecular complexity index is 1600. The molecular formula is C33H39N3O3S2. The Morgan fingerprint density at radius 3 is 2.73 bits per heavy atom. The molecule has 3 heterocycles. The number of nitrogens with zero attached hydrogens (tertiary/aromatic N) is 3. The standard InChI is InChI=1S/C33H39N3O3S2/c1-3-4-10-26-22-25(23-33-35(18-9-20-41(37,38)39)31-13-7-8-14-32(31)40-33)28-11-5-6-12-30(28)36(26)27-15-16-29-24(21-27)17-19-34(29)2/h5-8,11-14,17,19,22-24,27,29H,3-4,9-10,15-16,18,20-21H2,1-2H3. The first-order chi connectivity index (χ1) is 19.8. The number of aromatic nitrogens is 1. The Hall–Kier alpha value is -2.81. The largest absolute Gasteiger partial charge is 0.748 e. The fourth-order valence-electron chi connectivity index (χ4n) is 6.90. The quantitative estimate of drug-likeness (QED) is 0.210. The smallest absolute Gasteiger partial charge is 0.213 e. The normalized spacial score (nSPS) is 23.0. The highest BCUT2D eigenvalue weighted by atomic mass is 32.2. The molecule has 3 atom stereocenters. The third kappa shape index (κ3) is 5.92. The van der Waals surface area contributed by atoms with Crippen LogP contribution in [0.5, 0.6) is 0 Å². The maximum absolute atomic E-state index is 11.3. The summed E-state index contributed by atoms with van der Waals surface area (Å²) in [5.41, 5.74) is 4.94. The predicted molar refractivity (Wildman–Crippen MR) is 167 cm³/mol. The first kappa shape index (κ1) is 28.3. The van der Waals surface area contributed by atoms with Crippen LogP contribution in [0.2, 0.25) is 0 Å². The number of benzene rings is 2. The highest BCUT2D eigenvalue weighted by molar-refractivity contribution is 8.03. The van der Waals surface area contributed by atoms with Crippen molar-refractivity contribution in [2.75, 3.05) is 24.2 Å². The molecule has 1 aromatic heterocycles. The highest BCUT2D eigenvalue weighted by Gasteiger charge is 2.39. The zero-order valence-electron chi connectivity index (χ0n) is 23.9. The molecule has 2 aliphatic heterocycles. The molecule has 6 rings (SSSR count). The summed E-state index contributed by atoms with van der Waals surface area (Å²) in [5, 5.41) is 2.30. The van der Waals surface area contributed by atoms with Gasteiger partial charge in [-0.25, -0.2) is 8.42 Å². The van der Waals surface area contributed by atoms with Crippen LogP contribution in [0.3, 0.4) is 0 Å². The van der Waals surface area contributed by atoms with Gasteiger partial charge in [0.25, 0.3) is 0 Å². The number of pyridine rings is 1. The van der Waals surface area contributed by atoms with E-state index in [1.807, 2.05) is 12.1 Å². The summed E-state index contributed by atoms with van der Waals surface area (Å²) in [7, 11) is -2.04. The molecule has 3 aromatic rings. The van der Waals surface area contributed by atoms with Crippen molar-refractivity contribution in [2.24, 2.45) is 5.92 Å². The number of aryl methyl sites for hydroxylation is 1. The van der Waals surface area contributed by atoms with Crippen LogP contribution in [0.25, 0.3) is 17.0 Å². The van der Waals surface area contributed by atoms with E-state index in [0.717, 1.165) is 34.9 Å². The highest BCUT2D eigenvalue weighted by Crippen LogP contribution is 2.47. The van der Waals surface area contributed by atoms with E-state index in [4.69, 9.17) is 0 Å². The van der Waals surface area contributed by atoms with Crippen LogP contribution in [0.15, 0.2) is 76.8 Å². The molecule has 0 saturated heterocycles. The van der Waals surface area contributed by atoms with Crippen molar-refractivity contribution in [2.45, 2.75) is 68.8 Å². The minimum absolute atomic E-state index is 0.294. The van der Waals surface area contributed by atoms with E-state index in [0.29, 0.717) is 31.0 Å². The summed E-state index contributed by atoms with van der Waals surface area (Å²) in [6.07, 6.45) is 14.1. The van der Waals surface area contributed by atoms with Crippen LogP contribution in [0, 0.1) is 5.92 Å². The lowest BCUT2D eigenvalue weighted by Crippen LogP contribution is -2.49. The van der Waals surface area contributed by atoms with Gasteiger partial charge in [0, 0.05) is 67.6 Å². The number of hydrogen-bond donors (Lipinski definition) is 0. The molecule has 0 radical (unpaired) electrons. The molecular weight excluding hydrogens is 551 g/mol. The second kappa shape index (κ2) is 11.8. The van der Waals surface area contributed by atoms with Crippen molar-refractivity contribution in [3.63, 3.8) is 0 Å². The van der Waals surface area contributed by atoms with Gasteiger partial charge in [-0.3, -0.25) is 0 Å². The maximum Gasteiger partial charge on any atom is 0.213 e. The number of anilines is 1. The first-order valence-corrected chi connectivity index (χ1v) is 17.3. The summed E-state index contributed by atoms with van der Waals surface area (Å²) >= 11 is 1.71. The van der Waals surface area contributed by atoms with Gasteiger partial charge in [0.2, 0.25) is 5.52 Å². The van der Waals surface area contributed by atoms with Gasteiger partial charge in [-0.1, -0.05) is 55.4 Å². The summed E-state index contributed by atoms with van der Waals surface area (Å²) < 4.78 is 36.6. The van der Waals surface area contributed by atoms with E-state index in [-0.39, 0.29) is 5.75 Å².